The maximum atomic E-state index is 10.9. The van der Waals surface area contributed by atoms with Gasteiger partial charge in [0, 0.05) is 16.7 Å². The van der Waals surface area contributed by atoms with E-state index in [1.165, 1.54) is 5.57 Å². The van der Waals surface area contributed by atoms with E-state index in [2.05, 4.69) is 31.9 Å². The van der Waals surface area contributed by atoms with Crippen molar-refractivity contribution in [3.63, 3.8) is 0 Å². The third kappa shape index (κ3) is 1.78. The number of terminal acetylenes is 1. The molecule has 2 heteroatoms. The molecular weight excluding hydrogens is 284 g/mol. The first-order valence-electron chi connectivity index (χ1n) is 8.83. The quantitative estimate of drug-likeness (QED) is 0.532. The number of allylic oxidation sites excluding steroid dienone is 4. The summed E-state index contributed by atoms with van der Waals surface area (Å²) in [6, 6.07) is 0. The Kier molecular flexibility index (Phi) is 3.06. The highest BCUT2D eigenvalue weighted by molar-refractivity contribution is 5.45. The Hall–Kier alpha value is -1.30. The normalized spacial score (nSPS) is 51.0. The molecule has 0 saturated carbocycles. The standard InChI is InChI=1S/C21H26O2/c1-4-21(23)12-9-18-16-6-5-14-13-15(22)7-10-19(14,2)17(16)8-11-20(18,21)3/h1,7,9-10,12,14-15,18,22-23H,5-6,8,11,13H2,2-3H3/t14?,15-,18?,19-,20-,21-/m0/s1. The molecule has 0 amide bonds. The summed E-state index contributed by atoms with van der Waals surface area (Å²) in [6.07, 6.45) is 18.6. The van der Waals surface area contributed by atoms with Gasteiger partial charge in [0.05, 0.1) is 6.10 Å². The SMILES string of the molecule is C#C[C@]1(O)C=CC2C3=C(CC[C@@]21C)[C@@]1(C)C=C[C@H](O)CC1CC3. The number of aliphatic hydroxyl groups is 2. The number of rotatable bonds is 0. The molecule has 6 atom stereocenters. The summed E-state index contributed by atoms with van der Waals surface area (Å²) < 4.78 is 0. The molecule has 0 aromatic heterocycles. The average molecular weight is 310 g/mol. The van der Waals surface area contributed by atoms with E-state index < -0.39 is 5.60 Å². The van der Waals surface area contributed by atoms with Crippen molar-refractivity contribution in [3.05, 3.63) is 35.5 Å². The van der Waals surface area contributed by atoms with Crippen LogP contribution in [-0.2, 0) is 0 Å². The van der Waals surface area contributed by atoms with E-state index in [1.807, 2.05) is 12.2 Å². The minimum atomic E-state index is -1.12. The monoisotopic (exact) mass is 310 g/mol. The minimum absolute atomic E-state index is 0.0683. The molecule has 0 saturated heterocycles. The molecule has 4 aliphatic rings. The van der Waals surface area contributed by atoms with E-state index in [9.17, 15) is 10.2 Å². The van der Waals surface area contributed by atoms with Crippen molar-refractivity contribution < 1.29 is 10.2 Å². The van der Waals surface area contributed by atoms with Crippen molar-refractivity contribution in [1.29, 1.82) is 0 Å². The van der Waals surface area contributed by atoms with Crippen molar-refractivity contribution in [1.82, 2.24) is 0 Å². The summed E-state index contributed by atoms with van der Waals surface area (Å²) in [4.78, 5) is 0. The van der Waals surface area contributed by atoms with E-state index in [1.54, 1.807) is 5.57 Å². The van der Waals surface area contributed by atoms with Crippen LogP contribution in [0.3, 0.4) is 0 Å². The minimum Gasteiger partial charge on any atom is -0.389 e. The summed E-state index contributed by atoms with van der Waals surface area (Å²) >= 11 is 0. The predicted octanol–water partition coefficient (Wildman–Crippen LogP) is 3.37. The van der Waals surface area contributed by atoms with Crippen molar-refractivity contribution in [2.45, 2.75) is 57.7 Å². The third-order valence-corrected chi connectivity index (χ3v) is 7.42. The largest absolute Gasteiger partial charge is 0.389 e. The predicted molar refractivity (Wildman–Crippen MR) is 91.4 cm³/mol. The molecule has 23 heavy (non-hydrogen) atoms. The summed E-state index contributed by atoms with van der Waals surface area (Å²) in [5.41, 5.74) is 1.72. The van der Waals surface area contributed by atoms with E-state index in [-0.39, 0.29) is 22.9 Å². The molecule has 122 valence electrons. The zero-order valence-electron chi connectivity index (χ0n) is 14.0. The zero-order valence-corrected chi connectivity index (χ0v) is 14.0. The first-order chi connectivity index (χ1) is 10.8. The lowest BCUT2D eigenvalue weighted by Gasteiger charge is -2.53. The van der Waals surface area contributed by atoms with Crippen LogP contribution >= 0.6 is 0 Å². The van der Waals surface area contributed by atoms with Crippen LogP contribution in [0, 0.1) is 35.0 Å². The Bertz CT molecular complexity index is 678. The van der Waals surface area contributed by atoms with E-state index in [0.717, 1.165) is 32.1 Å². The Morgan fingerprint density at radius 1 is 1.22 bits per heavy atom. The molecule has 0 fully saturated rings. The first kappa shape index (κ1) is 15.2. The number of aliphatic hydroxyl groups excluding tert-OH is 1. The van der Waals surface area contributed by atoms with Crippen LogP contribution in [0.1, 0.15) is 46.0 Å². The number of fused-ring (bicyclic) bond motifs is 4. The molecule has 4 aliphatic carbocycles. The van der Waals surface area contributed by atoms with Gasteiger partial charge in [-0.1, -0.05) is 49.1 Å². The van der Waals surface area contributed by atoms with Gasteiger partial charge in [-0.05, 0) is 44.1 Å². The third-order valence-electron chi connectivity index (χ3n) is 7.42. The van der Waals surface area contributed by atoms with Crippen molar-refractivity contribution in [3.8, 4) is 12.3 Å². The lowest BCUT2D eigenvalue weighted by Crippen LogP contribution is -2.49. The Labute approximate surface area is 139 Å². The molecule has 2 nitrogen and oxygen atoms in total. The van der Waals surface area contributed by atoms with Gasteiger partial charge in [-0.25, -0.2) is 0 Å². The zero-order chi connectivity index (χ0) is 16.5. The van der Waals surface area contributed by atoms with Gasteiger partial charge in [0.1, 0.15) is 5.60 Å². The van der Waals surface area contributed by atoms with Gasteiger partial charge in [-0.15, -0.1) is 6.42 Å². The topological polar surface area (TPSA) is 40.5 Å². The maximum Gasteiger partial charge on any atom is 0.150 e. The lowest BCUT2D eigenvalue weighted by atomic mass is 9.51. The van der Waals surface area contributed by atoms with Crippen LogP contribution < -0.4 is 0 Å². The van der Waals surface area contributed by atoms with E-state index >= 15 is 0 Å². The van der Waals surface area contributed by atoms with Crippen molar-refractivity contribution in [2.24, 2.45) is 22.7 Å². The van der Waals surface area contributed by atoms with E-state index in [4.69, 9.17) is 6.42 Å². The molecule has 0 aromatic rings. The van der Waals surface area contributed by atoms with Gasteiger partial charge in [0.25, 0.3) is 0 Å². The molecule has 4 rings (SSSR count). The fraction of sp³-hybridized carbons (Fsp3) is 0.619. The van der Waals surface area contributed by atoms with Gasteiger partial charge in [0.2, 0.25) is 0 Å². The Morgan fingerprint density at radius 3 is 2.74 bits per heavy atom. The molecular formula is C21H26O2. The second-order valence-corrected chi connectivity index (χ2v) is 8.35. The van der Waals surface area contributed by atoms with Crippen LogP contribution in [0.2, 0.25) is 0 Å². The van der Waals surface area contributed by atoms with Crippen LogP contribution in [0.15, 0.2) is 35.5 Å². The highest BCUT2D eigenvalue weighted by Gasteiger charge is 2.57. The molecule has 0 aliphatic heterocycles. The summed E-state index contributed by atoms with van der Waals surface area (Å²) in [5, 5.41) is 20.9. The van der Waals surface area contributed by atoms with Crippen molar-refractivity contribution >= 4 is 0 Å². The molecule has 0 bridgehead atoms. The average Bonchev–Trinajstić information content (AvgIpc) is 2.80. The maximum absolute atomic E-state index is 10.9. The van der Waals surface area contributed by atoms with Gasteiger partial charge in [-0.3, -0.25) is 0 Å². The fourth-order valence-corrected chi connectivity index (χ4v) is 5.75. The molecule has 0 radical (unpaired) electrons. The fourth-order valence-electron chi connectivity index (χ4n) is 5.75. The van der Waals surface area contributed by atoms with Crippen LogP contribution in [-0.4, -0.2) is 21.9 Å². The van der Waals surface area contributed by atoms with Gasteiger partial charge in [0.15, 0.2) is 0 Å². The van der Waals surface area contributed by atoms with Crippen LogP contribution in [0.5, 0.6) is 0 Å². The molecule has 2 unspecified atom stereocenters. The lowest BCUT2D eigenvalue weighted by molar-refractivity contribution is -0.00795. The van der Waals surface area contributed by atoms with Crippen LogP contribution in [0.4, 0.5) is 0 Å². The molecule has 2 N–H and O–H groups in total. The smallest absolute Gasteiger partial charge is 0.150 e. The van der Waals surface area contributed by atoms with E-state index in [0.29, 0.717) is 5.92 Å². The summed E-state index contributed by atoms with van der Waals surface area (Å²) in [7, 11) is 0. The van der Waals surface area contributed by atoms with Gasteiger partial charge < -0.3 is 10.2 Å². The second kappa shape index (κ2) is 4.62. The van der Waals surface area contributed by atoms with Gasteiger partial charge in [-0.2, -0.15) is 0 Å². The molecule has 0 heterocycles. The first-order valence-corrected chi connectivity index (χ1v) is 8.83. The van der Waals surface area contributed by atoms with Gasteiger partial charge >= 0.3 is 0 Å². The molecule has 0 aromatic carbocycles. The highest BCUT2D eigenvalue weighted by Crippen LogP contribution is 2.62. The molecule has 0 spiro atoms. The number of hydrogen-bond acceptors (Lipinski definition) is 2. The van der Waals surface area contributed by atoms with Crippen LogP contribution in [0.25, 0.3) is 0 Å². The summed E-state index contributed by atoms with van der Waals surface area (Å²) in [6.45, 7) is 4.49. The Balaban J connectivity index is 1.81. The van der Waals surface area contributed by atoms with Crippen molar-refractivity contribution in [2.75, 3.05) is 0 Å². The number of hydrogen-bond donors (Lipinski definition) is 2. The summed E-state index contributed by atoms with van der Waals surface area (Å²) in [5.74, 6) is 3.43. The highest BCUT2D eigenvalue weighted by atomic mass is 16.3. The second-order valence-electron chi connectivity index (χ2n) is 8.35. The Morgan fingerprint density at radius 2 is 2.00 bits per heavy atom.